The van der Waals surface area contributed by atoms with Crippen LogP contribution >= 0.6 is 0 Å². The molecule has 0 saturated carbocycles. The van der Waals surface area contributed by atoms with Crippen LogP contribution in [0.3, 0.4) is 0 Å². The molecule has 0 atom stereocenters. The Morgan fingerprint density at radius 3 is 2.38 bits per heavy atom. The van der Waals surface area contributed by atoms with Crippen molar-refractivity contribution < 1.29 is 14.1 Å². The average molecular weight is 519 g/mol. The van der Waals surface area contributed by atoms with E-state index in [1.807, 2.05) is 67.6 Å². The van der Waals surface area contributed by atoms with Gasteiger partial charge < -0.3 is 24.4 Å². The van der Waals surface area contributed by atoms with Gasteiger partial charge in [0.05, 0.1) is 28.9 Å². The van der Waals surface area contributed by atoms with Gasteiger partial charge in [0.1, 0.15) is 11.3 Å². The van der Waals surface area contributed by atoms with Crippen LogP contribution in [0.1, 0.15) is 22.8 Å². The second-order valence-electron chi connectivity index (χ2n) is 9.53. The number of hydrogen-bond donors (Lipinski definition) is 1. The lowest BCUT2D eigenvalue weighted by Gasteiger charge is -2.36. The molecule has 3 aromatic carbocycles. The largest absolute Gasteiger partial charge is 0.494 e. The molecule has 5 aromatic rings. The lowest BCUT2D eigenvalue weighted by molar-refractivity contribution is 0.104. The first-order chi connectivity index (χ1) is 19.2. The van der Waals surface area contributed by atoms with Crippen LogP contribution in [0.5, 0.6) is 5.75 Å². The van der Waals surface area contributed by atoms with E-state index < -0.39 is 0 Å². The predicted octanol–water partition coefficient (Wildman–Crippen LogP) is 5.30. The number of nitrogens with one attached hydrogen (secondary N) is 1. The van der Waals surface area contributed by atoms with Crippen molar-refractivity contribution in [3.05, 3.63) is 84.2 Å². The van der Waals surface area contributed by atoms with Gasteiger partial charge in [0.15, 0.2) is 11.5 Å². The van der Waals surface area contributed by atoms with Gasteiger partial charge >= 0.3 is 0 Å². The highest BCUT2D eigenvalue weighted by molar-refractivity contribution is 6.28. The average Bonchev–Trinajstić information content (AvgIpc) is 3.43. The van der Waals surface area contributed by atoms with Gasteiger partial charge in [-0.25, -0.2) is 9.97 Å². The second kappa shape index (κ2) is 9.43. The lowest BCUT2D eigenvalue weighted by atomic mass is 9.86. The van der Waals surface area contributed by atoms with Gasteiger partial charge in [0.25, 0.3) is 0 Å². The summed E-state index contributed by atoms with van der Waals surface area (Å²) in [7, 11) is 0. The van der Waals surface area contributed by atoms with Crippen molar-refractivity contribution >= 4 is 39.7 Å². The summed E-state index contributed by atoms with van der Waals surface area (Å²) < 4.78 is 11.5. The quantitative estimate of drug-likeness (QED) is 0.315. The molecule has 2 aliphatic rings. The zero-order valence-corrected chi connectivity index (χ0v) is 21.4. The van der Waals surface area contributed by atoms with Crippen molar-refractivity contribution in [2.75, 3.05) is 47.9 Å². The third-order valence-electron chi connectivity index (χ3n) is 7.28. The van der Waals surface area contributed by atoms with Crippen LogP contribution in [0.15, 0.2) is 77.6 Å². The normalized spacial score (nSPS) is 14.4. The Morgan fingerprint density at radius 2 is 1.64 bits per heavy atom. The summed E-state index contributed by atoms with van der Waals surface area (Å²) in [5.41, 5.74) is 5.17. The maximum atomic E-state index is 13.9. The molecule has 1 aliphatic carbocycles. The monoisotopic (exact) mass is 518 g/mol. The number of rotatable bonds is 6. The van der Waals surface area contributed by atoms with E-state index in [1.165, 1.54) is 0 Å². The zero-order chi connectivity index (χ0) is 26.3. The summed E-state index contributed by atoms with van der Waals surface area (Å²) in [6.07, 6.45) is 3.53. The summed E-state index contributed by atoms with van der Waals surface area (Å²) in [4.78, 5) is 27.1. The molecule has 1 saturated heterocycles. The topological polar surface area (TPSA) is 96.6 Å². The summed E-state index contributed by atoms with van der Waals surface area (Å²) in [6, 6.07) is 19.1. The van der Waals surface area contributed by atoms with E-state index in [2.05, 4.69) is 30.2 Å². The molecular formula is C30H26N6O3. The first-order valence-corrected chi connectivity index (χ1v) is 13.1. The van der Waals surface area contributed by atoms with E-state index in [1.54, 1.807) is 12.4 Å². The highest BCUT2D eigenvalue weighted by atomic mass is 16.5. The number of benzene rings is 3. The Labute approximate surface area is 225 Å². The van der Waals surface area contributed by atoms with E-state index in [0.717, 1.165) is 65.9 Å². The fourth-order valence-corrected chi connectivity index (χ4v) is 5.44. The number of hydrogen-bond acceptors (Lipinski definition) is 9. The fraction of sp³-hybridized carbons (Fsp3) is 0.200. The molecule has 0 bridgehead atoms. The molecule has 9 nitrogen and oxygen atoms in total. The minimum absolute atomic E-state index is 0.0441. The van der Waals surface area contributed by atoms with Gasteiger partial charge in [-0.2, -0.15) is 0 Å². The first kappa shape index (κ1) is 23.2. The van der Waals surface area contributed by atoms with Crippen LogP contribution in [0.2, 0.25) is 0 Å². The van der Waals surface area contributed by atoms with Gasteiger partial charge in [-0.05, 0) is 43.3 Å². The predicted molar refractivity (Wildman–Crippen MR) is 150 cm³/mol. The number of ketones is 1. The maximum absolute atomic E-state index is 13.9. The van der Waals surface area contributed by atoms with Crippen LogP contribution in [0, 0.1) is 0 Å². The molecule has 2 aromatic heterocycles. The van der Waals surface area contributed by atoms with Gasteiger partial charge in [-0.15, -0.1) is 0 Å². The van der Waals surface area contributed by atoms with Crippen molar-refractivity contribution in [1.29, 1.82) is 0 Å². The molecule has 9 heteroatoms. The Kier molecular flexibility index (Phi) is 5.61. The molecular weight excluding hydrogens is 492 g/mol. The number of carbonyl (C=O) groups is 1. The molecule has 1 aliphatic heterocycles. The van der Waals surface area contributed by atoms with Gasteiger partial charge in [-0.1, -0.05) is 29.4 Å². The minimum Gasteiger partial charge on any atom is -0.494 e. The maximum Gasteiger partial charge on any atom is 0.225 e. The molecule has 1 N–H and O–H groups in total. The number of anilines is 4. The number of piperazine rings is 1. The summed E-state index contributed by atoms with van der Waals surface area (Å²) in [5, 5.41) is 8.76. The minimum atomic E-state index is -0.0441. The van der Waals surface area contributed by atoms with Crippen LogP contribution < -0.4 is 19.9 Å². The number of nitrogens with zero attached hydrogens (tertiary/aromatic N) is 5. The zero-order valence-electron chi connectivity index (χ0n) is 21.4. The fourth-order valence-electron chi connectivity index (χ4n) is 5.44. The van der Waals surface area contributed by atoms with Crippen LogP contribution in [-0.2, 0) is 0 Å². The molecule has 0 amide bonds. The molecule has 1 fully saturated rings. The third kappa shape index (κ3) is 3.94. The Morgan fingerprint density at radius 1 is 0.923 bits per heavy atom. The van der Waals surface area contributed by atoms with Crippen molar-refractivity contribution in [3.63, 3.8) is 0 Å². The molecule has 0 spiro atoms. The second-order valence-corrected chi connectivity index (χ2v) is 9.53. The molecule has 39 heavy (non-hydrogen) atoms. The van der Waals surface area contributed by atoms with Gasteiger partial charge in [0, 0.05) is 55.4 Å². The van der Waals surface area contributed by atoms with E-state index in [4.69, 9.17) is 9.26 Å². The standard InChI is InChI=1S/C30H26N6O3/c1-2-38-20-10-8-19(9-11-20)33-23-18-24(35-14-16-36(17-15-35)30-31-12-5-13-32-30)27-26-25(23)28(37)21-6-3-4-7-22(21)29(26)39-34-27/h3-13,18,33H,2,14-17H2,1H3. The highest BCUT2D eigenvalue weighted by Crippen LogP contribution is 2.46. The SMILES string of the molecule is CCOc1ccc(Nc2cc(N3CCN(c4ncccn4)CC3)c3noc4c3c2C(=O)c2ccccc2-4)cc1. The molecule has 7 rings (SSSR count). The number of aromatic nitrogens is 3. The Bertz CT molecular complexity index is 1680. The smallest absolute Gasteiger partial charge is 0.225 e. The van der Waals surface area contributed by atoms with Crippen molar-refractivity contribution in [3.8, 4) is 17.1 Å². The number of ether oxygens (including phenoxy) is 1. The highest BCUT2D eigenvalue weighted by Gasteiger charge is 2.34. The summed E-state index contributed by atoms with van der Waals surface area (Å²) in [6.45, 7) is 5.59. The van der Waals surface area contributed by atoms with Gasteiger partial charge in [-0.3, -0.25) is 4.79 Å². The van der Waals surface area contributed by atoms with E-state index in [9.17, 15) is 4.79 Å². The van der Waals surface area contributed by atoms with Crippen molar-refractivity contribution in [1.82, 2.24) is 15.1 Å². The summed E-state index contributed by atoms with van der Waals surface area (Å²) >= 11 is 0. The number of fused-ring (bicyclic) bond motifs is 2. The first-order valence-electron chi connectivity index (χ1n) is 13.1. The lowest BCUT2D eigenvalue weighted by Crippen LogP contribution is -2.47. The van der Waals surface area contributed by atoms with E-state index >= 15 is 0 Å². The Balaban J connectivity index is 1.31. The van der Waals surface area contributed by atoms with Crippen LogP contribution in [0.25, 0.3) is 22.2 Å². The van der Waals surface area contributed by atoms with Crippen molar-refractivity contribution in [2.45, 2.75) is 6.92 Å². The third-order valence-corrected chi connectivity index (χ3v) is 7.28. The van der Waals surface area contributed by atoms with Gasteiger partial charge in [0.2, 0.25) is 5.95 Å². The molecule has 194 valence electrons. The molecule has 3 heterocycles. The van der Waals surface area contributed by atoms with Crippen molar-refractivity contribution in [2.24, 2.45) is 0 Å². The molecule has 0 unspecified atom stereocenters. The summed E-state index contributed by atoms with van der Waals surface area (Å²) in [5.74, 6) is 2.11. The van der Waals surface area contributed by atoms with E-state index in [0.29, 0.717) is 29.0 Å². The van der Waals surface area contributed by atoms with Crippen LogP contribution in [0.4, 0.5) is 23.0 Å². The Hall–Kier alpha value is -4.92. The van der Waals surface area contributed by atoms with E-state index in [-0.39, 0.29) is 5.78 Å². The number of carbonyl (C=O) groups excluding carboxylic acids is 1. The molecule has 0 radical (unpaired) electrons. The van der Waals surface area contributed by atoms with Crippen LogP contribution in [-0.4, -0.2) is 53.7 Å².